The van der Waals surface area contributed by atoms with Crippen molar-refractivity contribution < 1.29 is 14.3 Å². The van der Waals surface area contributed by atoms with Crippen LogP contribution in [0.25, 0.3) is 10.8 Å². The molecule has 1 fully saturated rings. The van der Waals surface area contributed by atoms with E-state index in [1.807, 2.05) is 23.1 Å². The van der Waals surface area contributed by atoms with Gasteiger partial charge < -0.3 is 10.1 Å². The van der Waals surface area contributed by atoms with Crippen LogP contribution in [0.15, 0.2) is 36.4 Å². The van der Waals surface area contributed by atoms with E-state index in [2.05, 4.69) is 35.9 Å². The Morgan fingerprint density at radius 3 is 2.81 bits per heavy atom. The van der Waals surface area contributed by atoms with Crippen molar-refractivity contribution in [3.05, 3.63) is 42.0 Å². The van der Waals surface area contributed by atoms with E-state index >= 15 is 0 Å². The van der Waals surface area contributed by atoms with Crippen LogP contribution in [-0.4, -0.2) is 42.5 Å². The second-order valence-corrected chi connectivity index (χ2v) is 8.08. The van der Waals surface area contributed by atoms with Crippen molar-refractivity contribution in [1.29, 1.82) is 0 Å². The van der Waals surface area contributed by atoms with Gasteiger partial charge in [-0.25, -0.2) is 5.84 Å². The Bertz CT molecular complexity index is 886. The van der Waals surface area contributed by atoms with Crippen molar-refractivity contribution in [3.63, 3.8) is 0 Å². The molecule has 2 aromatic carbocycles. The third kappa shape index (κ3) is 6.18. The first-order chi connectivity index (χ1) is 15.1. The number of amides is 2. The van der Waals surface area contributed by atoms with Gasteiger partial charge in [-0.3, -0.25) is 19.9 Å². The molecule has 0 aromatic heterocycles. The Morgan fingerprint density at radius 2 is 2.00 bits per heavy atom. The first-order valence-corrected chi connectivity index (χ1v) is 11.3. The summed E-state index contributed by atoms with van der Waals surface area (Å²) < 4.78 is 6.20. The molecule has 1 atom stereocenters. The van der Waals surface area contributed by atoms with E-state index in [0.29, 0.717) is 26.2 Å². The number of fused-ring (bicyclic) bond motifs is 1. The molecule has 2 aromatic rings. The lowest BCUT2D eigenvalue weighted by molar-refractivity contribution is -0.134. The summed E-state index contributed by atoms with van der Waals surface area (Å²) in [4.78, 5) is 26.4. The highest BCUT2D eigenvalue weighted by Gasteiger charge is 2.32. The Labute approximate surface area is 184 Å². The van der Waals surface area contributed by atoms with Gasteiger partial charge >= 0.3 is 0 Å². The highest BCUT2D eigenvalue weighted by Crippen LogP contribution is 2.31. The standard InChI is InChI=1S/C24H34N4O3/c1-2-3-4-5-8-15-31-22-12-11-18-9-6-7-10-19(18)20(22)17-28-14-13-26-24(30)21(28)16-23(29)27-25/h6-7,9-12,21H,2-5,8,13-17,25H2,1H3,(H,26,30)(H,27,29). The number of nitrogens with one attached hydrogen (secondary N) is 2. The number of hydrogen-bond donors (Lipinski definition) is 3. The van der Waals surface area contributed by atoms with Crippen LogP contribution in [0.4, 0.5) is 0 Å². The smallest absolute Gasteiger partial charge is 0.237 e. The zero-order chi connectivity index (χ0) is 22.1. The molecule has 0 radical (unpaired) electrons. The zero-order valence-electron chi connectivity index (χ0n) is 18.4. The average Bonchev–Trinajstić information content (AvgIpc) is 2.79. The summed E-state index contributed by atoms with van der Waals surface area (Å²) in [5.74, 6) is 5.61. The van der Waals surface area contributed by atoms with Gasteiger partial charge in [-0.2, -0.15) is 0 Å². The average molecular weight is 427 g/mol. The SMILES string of the molecule is CCCCCCCOc1ccc2ccccc2c1CN1CCNC(=O)C1CC(=O)NN. The second kappa shape index (κ2) is 11.7. The second-order valence-electron chi connectivity index (χ2n) is 8.08. The molecule has 31 heavy (non-hydrogen) atoms. The Balaban J connectivity index is 1.81. The van der Waals surface area contributed by atoms with Crippen LogP contribution in [0.2, 0.25) is 0 Å². The molecule has 1 unspecified atom stereocenters. The number of carbonyl (C=O) groups is 2. The van der Waals surface area contributed by atoms with Crippen LogP contribution in [0.5, 0.6) is 5.75 Å². The Kier molecular flexibility index (Phi) is 8.67. The highest BCUT2D eigenvalue weighted by molar-refractivity contribution is 5.89. The van der Waals surface area contributed by atoms with Crippen LogP contribution in [0, 0.1) is 0 Å². The summed E-state index contributed by atoms with van der Waals surface area (Å²) in [6.07, 6.45) is 5.94. The van der Waals surface area contributed by atoms with Crippen LogP contribution in [-0.2, 0) is 16.1 Å². The molecular formula is C24H34N4O3. The minimum absolute atomic E-state index is 0.0285. The minimum Gasteiger partial charge on any atom is -0.493 e. The number of hydrogen-bond acceptors (Lipinski definition) is 5. The first kappa shape index (κ1) is 23.0. The van der Waals surface area contributed by atoms with E-state index in [4.69, 9.17) is 10.6 Å². The molecule has 0 saturated carbocycles. The van der Waals surface area contributed by atoms with E-state index in [9.17, 15) is 9.59 Å². The third-order valence-corrected chi connectivity index (χ3v) is 5.85. The van der Waals surface area contributed by atoms with Crippen molar-refractivity contribution in [2.75, 3.05) is 19.7 Å². The van der Waals surface area contributed by atoms with Crippen molar-refractivity contribution in [2.24, 2.45) is 5.84 Å². The topological polar surface area (TPSA) is 96.7 Å². The number of unbranched alkanes of at least 4 members (excludes halogenated alkanes) is 4. The number of benzene rings is 2. The normalized spacial score (nSPS) is 16.8. The Morgan fingerprint density at radius 1 is 1.19 bits per heavy atom. The lowest BCUT2D eigenvalue weighted by Crippen LogP contribution is -2.56. The van der Waals surface area contributed by atoms with Crippen LogP contribution in [0.3, 0.4) is 0 Å². The van der Waals surface area contributed by atoms with Gasteiger partial charge in [0.15, 0.2) is 0 Å². The first-order valence-electron chi connectivity index (χ1n) is 11.3. The molecule has 1 heterocycles. The Hall–Kier alpha value is -2.64. The molecule has 1 saturated heterocycles. The molecule has 1 aliphatic rings. The van der Waals surface area contributed by atoms with Crippen molar-refractivity contribution >= 4 is 22.6 Å². The number of carbonyl (C=O) groups excluding carboxylic acids is 2. The van der Waals surface area contributed by atoms with E-state index in [-0.39, 0.29) is 18.2 Å². The predicted octanol–water partition coefficient (Wildman–Crippen LogP) is 2.87. The fraction of sp³-hybridized carbons (Fsp3) is 0.500. The van der Waals surface area contributed by atoms with Gasteiger partial charge in [-0.1, -0.05) is 62.9 Å². The summed E-state index contributed by atoms with van der Waals surface area (Å²) in [7, 11) is 0. The summed E-state index contributed by atoms with van der Waals surface area (Å²) in [5, 5.41) is 5.10. The van der Waals surface area contributed by atoms with Gasteiger partial charge in [0.1, 0.15) is 5.75 Å². The van der Waals surface area contributed by atoms with Gasteiger partial charge in [0.05, 0.1) is 19.1 Å². The molecule has 7 heteroatoms. The summed E-state index contributed by atoms with van der Waals surface area (Å²) >= 11 is 0. The van der Waals surface area contributed by atoms with Crippen LogP contribution in [0.1, 0.15) is 51.0 Å². The maximum atomic E-state index is 12.5. The van der Waals surface area contributed by atoms with Gasteiger partial charge in [-0.05, 0) is 23.3 Å². The number of piperazine rings is 1. The third-order valence-electron chi connectivity index (χ3n) is 5.85. The van der Waals surface area contributed by atoms with Gasteiger partial charge in [-0.15, -0.1) is 0 Å². The minimum atomic E-state index is -0.557. The molecule has 0 spiro atoms. The molecule has 1 aliphatic heterocycles. The van der Waals surface area contributed by atoms with Crippen LogP contribution < -0.4 is 21.3 Å². The predicted molar refractivity (Wildman–Crippen MR) is 122 cm³/mol. The molecule has 0 aliphatic carbocycles. The number of hydrazine groups is 1. The van der Waals surface area contributed by atoms with E-state index in [0.717, 1.165) is 28.5 Å². The summed E-state index contributed by atoms with van der Waals surface area (Å²) in [5.41, 5.74) is 3.19. The quantitative estimate of drug-likeness (QED) is 0.222. The number of rotatable bonds is 11. The van der Waals surface area contributed by atoms with Gasteiger partial charge in [0, 0.05) is 25.2 Å². The monoisotopic (exact) mass is 426 g/mol. The van der Waals surface area contributed by atoms with Crippen LogP contribution >= 0.6 is 0 Å². The highest BCUT2D eigenvalue weighted by atomic mass is 16.5. The fourth-order valence-corrected chi connectivity index (χ4v) is 4.11. The van der Waals surface area contributed by atoms with Crippen molar-refractivity contribution in [3.8, 4) is 5.75 Å². The zero-order valence-corrected chi connectivity index (χ0v) is 18.4. The molecular weight excluding hydrogens is 392 g/mol. The van der Waals surface area contributed by atoms with Crippen molar-refractivity contribution in [2.45, 2.75) is 58.0 Å². The summed E-state index contributed by atoms with van der Waals surface area (Å²) in [6.45, 7) is 4.63. The molecule has 168 valence electrons. The number of ether oxygens (including phenoxy) is 1. The molecule has 3 rings (SSSR count). The molecule has 0 bridgehead atoms. The lowest BCUT2D eigenvalue weighted by atomic mass is 10.0. The van der Waals surface area contributed by atoms with E-state index in [1.165, 1.54) is 25.7 Å². The number of nitrogens with zero attached hydrogens (tertiary/aromatic N) is 1. The number of nitrogens with two attached hydrogens (primary N) is 1. The van der Waals surface area contributed by atoms with Gasteiger partial charge in [0.2, 0.25) is 11.8 Å². The maximum Gasteiger partial charge on any atom is 0.237 e. The fourth-order valence-electron chi connectivity index (χ4n) is 4.11. The van der Waals surface area contributed by atoms with E-state index in [1.54, 1.807) is 0 Å². The van der Waals surface area contributed by atoms with Crippen molar-refractivity contribution in [1.82, 2.24) is 15.6 Å². The maximum absolute atomic E-state index is 12.5. The molecule has 2 amide bonds. The van der Waals surface area contributed by atoms with E-state index < -0.39 is 6.04 Å². The largest absolute Gasteiger partial charge is 0.493 e. The lowest BCUT2D eigenvalue weighted by Gasteiger charge is -2.35. The summed E-state index contributed by atoms with van der Waals surface area (Å²) in [6, 6.07) is 11.7. The molecule has 4 N–H and O–H groups in total. The molecule has 7 nitrogen and oxygen atoms in total. The van der Waals surface area contributed by atoms with Gasteiger partial charge in [0.25, 0.3) is 0 Å².